The van der Waals surface area contributed by atoms with Crippen LogP contribution in [0.2, 0.25) is 0 Å². The molecule has 1 aromatic heterocycles. The molecular weight excluding hydrogens is 442 g/mol. The van der Waals surface area contributed by atoms with E-state index < -0.39 is 6.09 Å². The van der Waals surface area contributed by atoms with Crippen molar-refractivity contribution in [1.82, 2.24) is 4.57 Å². The highest BCUT2D eigenvalue weighted by atomic mass is 16.6. The molecule has 0 unspecified atom stereocenters. The van der Waals surface area contributed by atoms with Gasteiger partial charge in [-0.1, -0.05) is 12.1 Å². The summed E-state index contributed by atoms with van der Waals surface area (Å²) >= 11 is 0. The summed E-state index contributed by atoms with van der Waals surface area (Å²) in [7, 11) is 0. The van der Waals surface area contributed by atoms with E-state index >= 15 is 0 Å². The number of hydrogen-bond acceptors (Lipinski definition) is 4. The molecule has 0 saturated heterocycles. The number of amides is 2. The van der Waals surface area contributed by atoms with Crippen molar-refractivity contribution in [1.29, 1.82) is 0 Å². The molecule has 2 aromatic carbocycles. The van der Waals surface area contributed by atoms with Gasteiger partial charge in [-0.3, -0.25) is 10.1 Å². The van der Waals surface area contributed by atoms with Crippen LogP contribution in [0.1, 0.15) is 58.9 Å². The van der Waals surface area contributed by atoms with E-state index in [1.54, 1.807) is 0 Å². The Morgan fingerprint density at radius 1 is 1.03 bits per heavy atom. The van der Waals surface area contributed by atoms with Crippen molar-refractivity contribution in [3.05, 3.63) is 42.5 Å². The second-order valence-electron chi connectivity index (χ2n) is 9.71. The van der Waals surface area contributed by atoms with Crippen molar-refractivity contribution in [2.75, 3.05) is 17.2 Å². The highest BCUT2D eigenvalue weighted by Gasteiger charge is 2.33. The summed E-state index contributed by atoms with van der Waals surface area (Å²) in [6.45, 7) is 6.21. The molecule has 0 aliphatic heterocycles. The molecule has 3 aromatic rings. The van der Waals surface area contributed by atoms with Crippen LogP contribution in [-0.2, 0) is 9.53 Å². The van der Waals surface area contributed by atoms with Crippen molar-refractivity contribution in [2.24, 2.45) is 5.92 Å². The lowest BCUT2D eigenvalue weighted by Crippen LogP contribution is -2.19. The number of anilines is 2. The number of benzene rings is 2. The van der Waals surface area contributed by atoms with Gasteiger partial charge in [0.2, 0.25) is 5.91 Å². The van der Waals surface area contributed by atoms with Gasteiger partial charge < -0.3 is 19.4 Å². The molecule has 2 fully saturated rings. The lowest BCUT2D eigenvalue weighted by Gasteiger charge is -2.30. The average molecular weight is 476 g/mol. The monoisotopic (exact) mass is 475 g/mol. The molecule has 2 aliphatic carbocycles. The van der Waals surface area contributed by atoms with Gasteiger partial charge in [-0.15, -0.1) is 0 Å². The molecule has 1 heterocycles. The van der Waals surface area contributed by atoms with Crippen molar-refractivity contribution < 1.29 is 19.1 Å². The predicted octanol–water partition coefficient (Wildman–Crippen LogP) is 6.74. The van der Waals surface area contributed by atoms with Gasteiger partial charge in [-0.2, -0.15) is 0 Å². The van der Waals surface area contributed by atoms with Gasteiger partial charge in [0.25, 0.3) is 0 Å². The van der Waals surface area contributed by atoms with Gasteiger partial charge >= 0.3 is 6.09 Å². The molecular formula is C28H33N3O4. The fourth-order valence-electron chi connectivity index (χ4n) is 4.62. The first kappa shape index (κ1) is 23.3. The number of carbonyl (C=O) groups is 2. The number of ether oxygens (including phenoxy) is 2. The second-order valence-corrected chi connectivity index (χ2v) is 9.71. The minimum Gasteiger partial charge on any atom is -0.494 e. The topological polar surface area (TPSA) is 81.6 Å². The number of rotatable bonds is 8. The summed E-state index contributed by atoms with van der Waals surface area (Å²) in [6.07, 6.45) is 4.63. The van der Waals surface area contributed by atoms with Crippen LogP contribution in [0.25, 0.3) is 22.2 Å². The number of nitrogens with one attached hydrogen (secondary N) is 2. The van der Waals surface area contributed by atoms with E-state index in [0.29, 0.717) is 18.3 Å². The van der Waals surface area contributed by atoms with Crippen LogP contribution in [0.3, 0.4) is 0 Å². The van der Waals surface area contributed by atoms with Crippen LogP contribution in [0.4, 0.5) is 16.2 Å². The minimum absolute atomic E-state index is 0.0857. The molecule has 35 heavy (non-hydrogen) atoms. The Hall–Kier alpha value is -3.48. The van der Waals surface area contributed by atoms with E-state index in [2.05, 4.69) is 27.3 Å². The summed E-state index contributed by atoms with van der Waals surface area (Å²) in [5.41, 5.74) is 4.58. The van der Waals surface area contributed by atoms with Crippen molar-refractivity contribution in [2.45, 2.75) is 65.0 Å². The smallest absolute Gasteiger partial charge is 0.411 e. The first-order chi connectivity index (χ1) is 16.9. The lowest BCUT2D eigenvalue weighted by atomic mass is 9.92. The molecule has 0 spiro atoms. The van der Waals surface area contributed by atoms with Crippen LogP contribution in [-0.4, -0.2) is 29.3 Å². The van der Waals surface area contributed by atoms with Crippen LogP contribution in [0, 0.1) is 5.92 Å². The van der Waals surface area contributed by atoms with Crippen LogP contribution >= 0.6 is 0 Å². The quantitative estimate of drug-likeness (QED) is 0.378. The maximum Gasteiger partial charge on any atom is 0.411 e. The van der Waals surface area contributed by atoms with Gasteiger partial charge in [-0.25, -0.2) is 4.79 Å². The Morgan fingerprint density at radius 2 is 1.77 bits per heavy atom. The molecule has 2 saturated carbocycles. The van der Waals surface area contributed by atoms with E-state index in [0.717, 1.165) is 59.3 Å². The molecule has 0 atom stereocenters. The summed E-state index contributed by atoms with van der Waals surface area (Å²) in [5.74, 6) is 1.02. The largest absolute Gasteiger partial charge is 0.494 e. The van der Waals surface area contributed by atoms with E-state index in [1.807, 2.05) is 51.1 Å². The first-order valence-corrected chi connectivity index (χ1v) is 12.6. The first-order valence-electron chi connectivity index (χ1n) is 12.6. The third kappa shape index (κ3) is 4.85. The molecule has 5 rings (SSSR count). The highest BCUT2D eigenvalue weighted by Crippen LogP contribution is 2.46. The highest BCUT2D eigenvalue weighted by molar-refractivity contribution is 6.09. The fourth-order valence-corrected chi connectivity index (χ4v) is 4.62. The van der Waals surface area contributed by atoms with Crippen molar-refractivity contribution >= 4 is 34.3 Å². The fraction of sp³-hybridized carbons (Fsp3) is 0.429. The standard InChI is InChI=1S/C28H33N3O4/c1-4-34-22-14-15-23-24(16-22)31(21-6-5-7-21)26(25(23)30-27(32)19-8-9-19)18-10-12-20(13-11-18)29-28(33)35-17(2)3/h10-17,19,21H,4-9H2,1-3H3,(H,29,33)(H,30,32). The number of fused-ring (bicyclic) bond motifs is 1. The van der Waals surface area contributed by atoms with Crippen molar-refractivity contribution in [3.8, 4) is 17.0 Å². The number of hydrogen-bond donors (Lipinski definition) is 2. The Labute approximate surface area is 205 Å². The Bertz CT molecular complexity index is 1240. The van der Waals surface area contributed by atoms with Gasteiger partial charge in [0.05, 0.1) is 29.6 Å². The zero-order valence-electron chi connectivity index (χ0n) is 20.6. The molecule has 0 radical (unpaired) electrons. The molecule has 7 heteroatoms. The van der Waals surface area contributed by atoms with Crippen LogP contribution < -0.4 is 15.4 Å². The van der Waals surface area contributed by atoms with E-state index in [1.165, 1.54) is 6.42 Å². The van der Waals surface area contributed by atoms with E-state index in [9.17, 15) is 9.59 Å². The summed E-state index contributed by atoms with van der Waals surface area (Å²) in [5, 5.41) is 7.06. The molecule has 7 nitrogen and oxygen atoms in total. The SMILES string of the molecule is CCOc1ccc2c(NC(=O)C3CC3)c(-c3ccc(NC(=O)OC(C)C)cc3)n(C3CCC3)c2c1. The third-order valence-electron chi connectivity index (χ3n) is 6.67. The number of carbonyl (C=O) groups excluding carboxylic acids is 2. The lowest BCUT2D eigenvalue weighted by molar-refractivity contribution is -0.117. The minimum atomic E-state index is -0.475. The van der Waals surface area contributed by atoms with Gasteiger partial charge in [0.15, 0.2) is 0 Å². The Balaban J connectivity index is 1.59. The number of aromatic nitrogens is 1. The van der Waals surface area contributed by atoms with Crippen LogP contribution in [0.5, 0.6) is 5.75 Å². The molecule has 0 bridgehead atoms. The van der Waals surface area contributed by atoms with E-state index in [4.69, 9.17) is 9.47 Å². The molecule has 2 aliphatic rings. The molecule has 184 valence electrons. The predicted molar refractivity (Wildman–Crippen MR) is 138 cm³/mol. The molecule has 2 amide bonds. The summed E-state index contributed by atoms with van der Waals surface area (Å²) < 4.78 is 13.4. The van der Waals surface area contributed by atoms with E-state index in [-0.39, 0.29) is 17.9 Å². The zero-order valence-corrected chi connectivity index (χ0v) is 20.6. The maximum absolute atomic E-state index is 12.9. The summed E-state index contributed by atoms with van der Waals surface area (Å²) in [6, 6.07) is 14.2. The Kier molecular flexibility index (Phi) is 6.41. The van der Waals surface area contributed by atoms with Crippen molar-refractivity contribution in [3.63, 3.8) is 0 Å². The number of nitrogens with zero attached hydrogens (tertiary/aromatic N) is 1. The normalized spacial score (nSPS) is 15.7. The Morgan fingerprint density at radius 3 is 2.37 bits per heavy atom. The zero-order chi connectivity index (χ0) is 24.5. The summed E-state index contributed by atoms with van der Waals surface area (Å²) in [4.78, 5) is 24.9. The average Bonchev–Trinajstić information content (AvgIpc) is 3.59. The third-order valence-corrected chi connectivity index (χ3v) is 6.67. The van der Waals surface area contributed by atoms with Crippen LogP contribution in [0.15, 0.2) is 42.5 Å². The molecule has 2 N–H and O–H groups in total. The maximum atomic E-state index is 12.9. The van der Waals surface area contributed by atoms with Gasteiger partial charge in [0, 0.05) is 34.7 Å². The van der Waals surface area contributed by atoms with Gasteiger partial charge in [-0.05, 0) is 77.1 Å². The second kappa shape index (κ2) is 9.64. The van der Waals surface area contributed by atoms with Gasteiger partial charge in [0.1, 0.15) is 5.75 Å².